The molecule has 0 fully saturated rings. The van der Waals surface area contributed by atoms with Crippen molar-refractivity contribution in [2.45, 2.75) is 6.92 Å². The molecule has 0 atom stereocenters. The third-order valence-electron chi connectivity index (χ3n) is 2.14. The number of pyridine rings is 1. The molecule has 1 aromatic carbocycles. The van der Waals surface area contributed by atoms with E-state index in [9.17, 15) is 4.39 Å². The first kappa shape index (κ1) is 10.3. The Morgan fingerprint density at radius 2 is 2.00 bits per heavy atom. The van der Waals surface area contributed by atoms with Crippen LogP contribution in [0.2, 0.25) is 0 Å². The molecule has 0 aliphatic carbocycles. The van der Waals surface area contributed by atoms with Crippen LogP contribution < -0.4 is 0 Å². The minimum absolute atomic E-state index is 0.227. The number of halogens is 2. The SMILES string of the molecule is Cc1cc(-c2ccc(Br)cc2F)ccn1. The van der Waals surface area contributed by atoms with Crippen LogP contribution in [0.3, 0.4) is 0 Å². The van der Waals surface area contributed by atoms with E-state index >= 15 is 0 Å². The van der Waals surface area contributed by atoms with Crippen molar-refractivity contribution in [1.29, 1.82) is 0 Å². The standard InChI is InChI=1S/C12H9BrFN/c1-8-6-9(4-5-15-8)11-3-2-10(13)7-12(11)14/h2-7H,1H3. The number of aromatic nitrogens is 1. The lowest BCUT2D eigenvalue weighted by atomic mass is 10.1. The summed E-state index contributed by atoms with van der Waals surface area (Å²) >= 11 is 3.23. The summed E-state index contributed by atoms with van der Waals surface area (Å²) < 4.78 is 14.4. The monoisotopic (exact) mass is 265 g/mol. The van der Waals surface area contributed by atoms with Gasteiger partial charge in [0.25, 0.3) is 0 Å². The van der Waals surface area contributed by atoms with Gasteiger partial charge in [0, 0.05) is 21.9 Å². The summed E-state index contributed by atoms with van der Waals surface area (Å²) in [5, 5.41) is 0. The smallest absolute Gasteiger partial charge is 0.132 e. The third kappa shape index (κ3) is 2.23. The van der Waals surface area contributed by atoms with Gasteiger partial charge in [-0.2, -0.15) is 0 Å². The van der Waals surface area contributed by atoms with Gasteiger partial charge in [0.2, 0.25) is 0 Å². The molecule has 0 N–H and O–H groups in total. The fourth-order valence-electron chi connectivity index (χ4n) is 1.44. The van der Waals surface area contributed by atoms with E-state index < -0.39 is 0 Å². The molecule has 0 saturated heterocycles. The van der Waals surface area contributed by atoms with E-state index in [1.54, 1.807) is 18.3 Å². The minimum atomic E-state index is -0.227. The van der Waals surface area contributed by atoms with Gasteiger partial charge in [0.1, 0.15) is 5.82 Å². The Hall–Kier alpha value is -1.22. The van der Waals surface area contributed by atoms with Crippen LogP contribution in [0, 0.1) is 12.7 Å². The highest BCUT2D eigenvalue weighted by atomic mass is 79.9. The van der Waals surface area contributed by atoms with E-state index in [1.165, 1.54) is 6.07 Å². The maximum Gasteiger partial charge on any atom is 0.132 e. The predicted molar refractivity (Wildman–Crippen MR) is 62.1 cm³/mol. The molecular weight excluding hydrogens is 257 g/mol. The normalized spacial score (nSPS) is 10.3. The highest BCUT2D eigenvalue weighted by Gasteiger charge is 2.05. The quantitative estimate of drug-likeness (QED) is 0.761. The molecule has 76 valence electrons. The second-order valence-electron chi connectivity index (χ2n) is 3.31. The first-order chi connectivity index (χ1) is 7.16. The molecule has 0 aliphatic heterocycles. The Labute approximate surface area is 96.1 Å². The summed E-state index contributed by atoms with van der Waals surface area (Å²) in [5.74, 6) is -0.227. The molecule has 0 spiro atoms. The van der Waals surface area contributed by atoms with Crippen LogP contribution >= 0.6 is 15.9 Å². The summed E-state index contributed by atoms with van der Waals surface area (Å²) in [4.78, 5) is 4.08. The van der Waals surface area contributed by atoms with Crippen molar-refractivity contribution in [1.82, 2.24) is 4.98 Å². The first-order valence-electron chi connectivity index (χ1n) is 4.55. The van der Waals surface area contributed by atoms with Crippen molar-refractivity contribution in [2.24, 2.45) is 0 Å². The van der Waals surface area contributed by atoms with E-state index in [-0.39, 0.29) is 5.82 Å². The molecule has 0 saturated carbocycles. The van der Waals surface area contributed by atoms with Gasteiger partial charge in [-0.15, -0.1) is 0 Å². The lowest BCUT2D eigenvalue weighted by Crippen LogP contribution is -1.86. The number of aryl methyl sites for hydroxylation is 1. The van der Waals surface area contributed by atoms with Crippen LogP contribution in [0.25, 0.3) is 11.1 Å². The maximum absolute atomic E-state index is 13.6. The van der Waals surface area contributed by atoms with Crippen molar-refractivity contribution in [3.05, 3.63) is 52.5 Å². The van der Waals surface area contributed by atoms with Crippen molar-refractivity contribution >= 4 is 15.9 Å². The average Bonchev–Trinajstić information content (AvgIpc) is 2.17. The zero-order valence-corrected chi connectivity index (χ0v) is 9.75. The molecule has 2 rings (SSSR count). The van der Waals surface area contributed by atoms with Crippen molar-refractivity contribution in [3.8, 4) is 11.1 Å². The Bertz CT molecular complexity index is 497. The zero-order valence-electron chi connectivity index (χ0n) is 8.17. The number of hydrogen-bond donors (Lipinski definition) is 0. The van der Waals surface area contributed by atoms with Gasteiger partial charge >= 0.3 is 0 Å². The van der Waals surface area contributed by atoms with Crippen LogP contribution in [-0.4, -0.2) is 4.98 Å². The number of benzene rings is 1. The summed E-state index contributed by atoms with van der Waals surface area (Å²) in [7, 11) is 0. The zero-order chi connectivity index (χ0) is 10.8. The van der Waals surface area contributed by atoms with Crippen LogP contribution in [0.1, 0.15) is 5.69 Å². The average molecular weight is 266 g/mol. The first-order valence-corrected chi connectivity index (χ1v) is 5.34. The van der Waals surface area contributed by atoms with Gasteiger partial charge in [-0.3, -0.25) is 4.98 Å². The second kappa shape index (κ2) is 4.11. The van der Waals surface area contributed by atoms with Gasteiger partial charge in [-0.05, 0) is 36.8 Å². The van der Waals surface area contributed by atoms with Crippen LogP contribution in [0.5, 0.6) is 0 Å². The molecular formula is C12H9BrFN. The third-order valence-corrected chi connectivity index (χ3v) is 2.63. The Kier molecular flexibility index (Phi) is 2.82. The Balaban J connectivity index is 2.54. The van der Waals surface area contributed by atoms with Crippen molar-refractivity contribution in [2.75, 3.05) is 0 Å². The molecule has 15 heavy (non-hydrogen) atoms. The van der Waals surface area contributed by atoms with Crippen molar-refractivity contribution < 1.29 is 4.39 Å². The number of rotatable bonds is 1. The molecule has 1 nitrogen and oxygen atoms in total. The van der Waals surface area contributed by atoms with Gasteiger partial charge in [0.15, 0.2) is 0 Å². The Morgan fingerprint density at radius 3 is 2.67 bits per heavy atom. The topological polar surface area (TPSA) is 12.9 Å². The molecule has 1 heterocycles. The van der Waals surface area contributed by atoms with Gasteiger partial charge < -0.3 is 0 Å². The van der Waals surface area contributed by atoms with Gasteiger partial charge in [-0.25, -0.2) is 4.39 Å². The van der Waals surface area contributed by atoms with E-state index in [1.807, 2.05) is 19.1 Å². The molecule has 2 aromatic rings. The lowest BCUT2D eigenvalue weighted by Gasteiger charge is -2.04. The van der Waals surface area contributed by atoms with Crippen molar-refractivity contribution in [3.63, 3.8) is 0 Å². The fraction of sp³-hybridized carbons (Fsp3) is 0.0833. The fourth-order valence-corrected chi connectivity index (χ4v) is 1.77. The molecule has 1 aromatic heterocycles. The second-order valence-corrected chi connectivity index (χ2v) is 4.23. The van der Waals surface area contributed by atoms with E-state index in [4.69, 9.17) is 0 Å². The summed E-state index contributed by atoms with van der Waals surface area (Å²) in [6.07, 6.45) is 1.69. The number of nitrogens with zero attached hydrogens (tertiary/aromatic N) is 1. The minimum Gasteiger partial charge on any atom is -0.262 e. The molecule has 0 radical (unpaired) electrons. The summed E-state index contributed by atoms with van der Waals surface area (Å²) in [6, 6.07) is 8.72. The van der Waals surface area contributed by atoms with Gasteiger partial charge in [0.05, 0.1) is 0 Å². The number of hydrogen-bond acceptors (Lipinski definition) is 1. The van der Waals surface area contributed by atoms with Crippen LogP contribution in [-0.2, 0) is 0 Å². The van der Waals surface area contributed by atoms with E-state index in [0.29, 0.717) is 5.56 Å². The van der Waals surface area contributed by atoms with E-state index in [2.05, 4.69) is 20.9 Å². The summed E-state index contributed by atoms with van der Waals surface area (Å²) in [5.41, 5.74) is 2.34. The van der Waals surface area contributed by atoms with Gasteiger partial charge in [-0.1, -0.05) is 22.0 Å². The van der Waals surface area contributed by atoms with Crippen LogP contribution in [0.15, 0.2) is 41.0 Å². The maximum atomic E-state index is 13.6. The molecule has 0 unspecified atom stereocenters. The molecule has 3 heteroatoms. The molecule has 0 amide bonds. The van der Waals surface area contributed by atoms with E-state index in [0.717, 1.165) is 15.7 Å². The highest BCUT2D eigenvalue weighted by molar-refractivity contribution is 9.10. The lowest BCUT2D eigenvalue weighted by molar-refractivity contribution is 0.630. The Morgan fingerprint density at radius 1 is 1.20 bits per heavy atom. The highest BCUT2D eigenvalue weighted by Crippen LogP contribution is 2.25. The predicted octanol–water partition coefficient (Wildman–Crippen LogP) is 3.96. The summed E-state index contributed by atoms with van der Waals surface area (Å²) in [6.45, 7) is 1.89. The molecule has 0 bridgehead atoms. The largest absolute Gasteiger partial charge is 0.262 e. The molecule has 0 aliphatic rings. The van der Waals surface area contributed by atoms with Crippen LogP contribution in [0.4, 0.5) is 4.39 Å².